The minimum absolute atomic E-state index is 0.152. The number of hydrogen-bond donors (Lipinski definition) is 1. The summed E-state index contributed by atoms with van der Waals surface area (Å²) in [5.74, 6) is 1.30. The lowest BCUT2D eigenvalue weighted by Gasteiger charge is -2.24. The number of fused-ring (bicyclic) bond motifs is 2. The lowest BCUT2D eigenvalue weighted by Crippen LogP contribution is -2.39. The van der Waals surface area contributed by atoms with E-state index in [2.05, 4.69) is 4.72 Å². The molecule has 2 aliphatic carbocycles. The average molecular weight is 293 g/mol. The van der Waals surface area contributed by atoms with Crippen molar-refractivity contribution in [3.8, 4) is 0 Å². The number of aryl methyl sites for hydroxylation is 3. The molecule has 110 valence electrons. The standard InChI is InChI=1S/C16H23NO2S/c1-10-6-11(2)16(12(3)7-10)20(18,19)17-15-9-13-4-5-14(15)8-13/h6-7,13-15,17H,4-5,8-9H2,1-3H3/t13-,14-,15-/m0/s1. The van der Waals surface area contributed by atoms with Crippen LogP contribution in [0.15, 0.2) is 17.0 Å². The third-order valence-corrected chi connectivity index (χ3v) is 6.71. The van der Waals surface area contributed by atoms with Gasteiger partial charge in [0, 0.05) is 6.04 Å². The van der Waals surface area contributed by atoms with Gasteiger partial charge in [0.25, 0.3) is 0 Å². The van der Waals surface area contributed by atoms with E-state index in [1.54, 1.807) is 0 Å². The molecule has 0 radical (unpaired) electrons. The van der Waals surface area contributed by atoms with Gasteiger partial charge in [-0.05, 0) is 63.0 Å². The van der Waals surface area contributed by atoms with Gasteiger partial charge in [-0.1, -0.05) is 24.1 Å². The maximum atomic E-state index is 12.7. The van der Waals surface area contributed by atoms with Crippen LogP contribution in [0.2, 0.25) is 0 Å². The summed E-state index contributed by atoms with van der Waals surface area (Å²) in [7, 11) is -3.39. The van der Waals surface area contributed by atoms with E-state index in [0.29, 0.717) is 10.8 Å². The van der Waals surface area contributed by atoms with E-state index in [1.165, 1.54) is 19.3 Å². The van der Waals surface area contributed by atoms with E-state index in [4.69, 9.17) is 0 Å². The normalized spacial score (nSPS) is 29.1. The molecule has 2 bridgehead atoms. The smallest absolute Gasteiger partial charge is 0.208 e. The van der Waals surface area contributed by atoms with Gasteiger partial charge in [-0.25, -0.2) is 13.1 Å². The minimum Gasteiger partial charge on any atom is -0.208 e. The Morgan fingerprint density at radius 1 is 1.05 bits per heavy atom. The van der Waals surface area contributed by atoms with Crippen LogP contribution in [0.4, 0.5) is 0 Å². The van der Waals surface area contributed by atoms with Gasteiger partial charge in [-0.2, -0.15) is 0 Å². The van der Waals surface area contributed by atoms with Crippen molar-refractivity contribution in [3.05, 3.63) is 28.8 Å². The van der Waals surface area contributed by atoms with Gasteiger partial charge in [0.1, 0.15) is 0 Å². The van der Waals surface area contributed by atoms with E-state index in [9.17, 15) is 8.42 Å². The molecule has 1 N–H and O–H groups in total. The van der Waals surface area contributed by atoms with E-state index < -0.39 is 10.0 Å². The molecule has 0 heterocycles. The summed E-state index contributed by atoms with van der Waals surface area (Å²) in [6.45, 7) is 5.77. The monoisotopic (exact) mass is 293 g/mol. The quantitative estimate of drug-likeness (QED) is 0.931. The number of benzene rings is 1. The van der Waals surface area contributed by atoms with Gasteiger partial charge >= 0.3 is 0 Å². The van der Waals surface area contributed by atoms with Crippen molar-refractivity contribution in [2.45, 2.75) is 57.4 Å². The molecule has 0 unspecified atom stereocenters. The first kappa shape index (κ1) is 14.1. The molecule has 3 rings (SSSR count). The maximum absolute atomic E-state index is 12.7. The molecule has 20 heavy (non-hydrogen) atoms. The Balaban J connectivity index is 1.89. The Labute approximate surface area is 121 Å². The summed E-state index contributed by atoms with van der Waals surface area (Å²) in [5.41, 5.74) is 2.80. The first-order chi connectivity index (χ1) is 9.37. The van der Waals surface area contributed by atoms with Crippen LogP contribution in [0.3, 0.4) is 0 Å². The summed E-state index contributed by atoms with van der Waals surface area (Å²) < 4.78 is 28.4. The third-order valence-electron chi connectivity index (χ3n) is 4.92. The summed E-state index contributed by atoms with van der Waals surface area (Å²) >= 11 is 0. The van der Waals surface area contributed by atoms with Gasteiger partial charge in [0.15, 0.2) is 0 Å². The third kappa shape index (κ3) is 2.40. The summed E-state index contributed by atoms with van der Waals surface area (Å²) in [6, 6.07) is 4.05. The van der Waals surface area contributed by atoms with Crippen molar-refractivity contribution in [3.63, 3.8) is 0 Å². The minimum atomic E-state index is -3.39. The van der Waals surface area contributed by atoms with Crippen molar-refractivity contribution in [2.75, 3.05) is 0 Å². The second-order valence-corrected chi connectivity index (χ2v) is 8.28. The molecule has 2 fully saturated rings. The highest BCUT2D eigenvalue weighted by Crippen LogP contribution is 2.45. The highest BCUT2D eigenvalue weighted by atomic mass is 32.2. The van der Waals surface area contributed by atoms with Crippen LogP contribution in [0.5, 0.6) is 0 Å². The van der Waals surface area contributed by atoms with E-state index in [1.807, 2.05) is 32.9 Å². The average Bonchev–Trinajstić information content (AvgIpc) is 2.87. The zero-order valence-corrected chi connectivity index (χ0v) is 13.3. The van der Waals surface area contributed by atoms with Crippen molar-refractivity contribution in [1.82, 2.24) is 4.72 Å². The molecule has 1 aromatic carbocycles. The van der Waals surface area contributed by atoms with Crippen LogP contribution in [-0.4, -0.2) is 14.5 Å². The molecule has 3 atom stereocenters. The topological polar surface area (TPSA) is 46.2 Å². The molecule has 3 nitrogen and oxygen atoms in total. The van der Waals surface area contributed by atoms with Crippen LogP contribution in [0.1, 0.15) is 42.4 Å². The summed E-state index contributed by atoms with van der Waals surface area (Å²) in [4.78, 5) is 0.478. The predicted molar refractivity (Wildman–Crippen MR) is 80.2 cm³/mol. The van der Waals surface area contributed by atoms with Crippen LogP contribution in [0.25, 0.3) is 0 Å². The molecule has 0 aromatic heterocycles. The largest absolute Gasteiger partial charge is 0.241 e. The van der Waals surface area contributed by atoms with E-state index in [0.717, 1.165) is 29.0 Å². The van der Waals surface area contributed by atoms with Gasteiger partial charge in [-0.15, -0.1) is 0 Å². The molecular weight excluding hydrogens is 270 g/mol. The maximum Gasteiger partial charge on any atom is 0.241 e. The fourth-order valence-corrected chi connectivity index (χ4v) is 6.01. The molecule has 4 heteroatoms. The Morgan fingerprint density at radius 2 is 1.70 bits per heavy atom. The van der Waals surface area contributed by atoms with Crippen molar-refractivity contribution in [1.29, 1.82) is 0 Å². The van der Waals surface area contributed by atoms with E-state index in [-0.39, 0.29) is 6.04 Å². The van der Waals surface area contributed by atoms with Crippen molar-refractivity contribution >= 4 is 10.0 Å². The van der Waals surface area contributed by atoms with Gasteiger partial charge in [0.05, 0.1) is 4.90 Å². The van der Waals surface area contributed by atoms with Crippen molar-refractivity contribution in [2.24, 2.45) is 11.8 Å². The Kier molecular flexibility index (Phi) is 3.41. The summed E-state index contributed by atoms with van der Waals surface area (Å²) in [5, 5.41) is 0. The van der Waals surface area contributed by atoms with Crippen molar-refractivity contribution < 1.29 is 8.42 Å². The fourth-order valence-electron chi connectivity index (χ4n) is 4.24. The second-order valence-electron chi connectivity index (χ2n) is 6.63. The zero-order chi connectivity index (χ0) is 14.5. The second kappa shape index (κ2) is 4.85. The fraction of sp³-hybridized carbons (Fsp3) is 0.625. The highest BCUT2D eigenvalue weighted by Gasteiger charge is 2.41. The first-order valence-electron chi connectivity index (χ1n) is 7.47. The number of sulfonamides is 1. The lowest BCUT2D eigenvalue weighted by molar-refractivity contribution is 0.390. The SMILES string of the molecule is Cc1cc(C)c(S(=O)(=O)N[C@H]2C[C@H]3CC[C@H]2C3)c(C)c1. The summed E-state index contributed by atoms with van der Waals surface area (Å²) in [6.07, 6.45) is 4.70. The Bertz CT molecular complexity index is 613. The lowest BCUT2D eigenvalue weighted by atomic mass is 9.96. The van der Waals surface area contributed by atoms with Crippen LogP contribution >= 0.6 is 0 Å². The van der Waals surface area contributed by atoms with Crippen LogP contribution < -0.4 is 4.72 Å². The van der Waals surface area contributed by atoms with Crippen LogP contribution in [-0.2, 0) is 10.0 Å². The van der Waals surface area contributed by atoms with Gasteiger partial charge in [-0.3, -0.25) is 0 Å². The van der Waals surface area contributed by atoms with E-state index >= 15 is 0 Å². The van der Waals surface area contributed by atoms with Gasteiger partial charge < -0.3 is 0 Å². The molecular formula is C16H23NO2S. The van der Waals surface area contributed by atoms with Gasteiger partial charge in [0.2, 0.25) is 10.0 Å². The molecule has 1 aromatic rings. The highest BCUT2D eigenvalue weighted by molar-refractivity contribution is 7.89. The number of rotatable bonds is 3. The molecule has 0 aliphatic heterocycles. The number of nitrogens with one attached hydrogen (secondary N) is 1. The molecule has 0 saturated heterocycles. The molecule has 0 amide bonds. The number of hydrogen-bond acceptors (Lipinski definition) is 2. The Morgan fingerprint density at radius 3 is 2.20 bits per heavy atom. The molecule has 2 saturated carbocycles. The Hall–Kier alpha value is -0.870. The first-order valence-corrected chi connectivity index (χ1v) is 8.95. The zero-order valence-electron chi connectivity index (χ0n) is 12.4. The molecule has 0 spiro atoms. The molecule has 2 aliphatic rings. The predicted octanol–water partition coefficient (Wildman–Crippen LogP) is 3.08. The van der Waals surface area contributed by atoms with Crippen LogP contribution in [0, 0.1) is 32.6 Å².